The van der Waals surface area contributed by atoms with Crippen LogP contribution in [-0.4, -0.2) is 37.8 Å². The Morgan fingerprint density at radius 3 is 2.36 bits per heavy atom. The average Bonchev–Trinajstić information content (AvgIpc) is 2.73. The molecule has 5 nitrogen and oxygen atoms in total. The van der Waals surface area contributed by atoms with E-state index in [1.165, 1.54) is 0 Å². The predicted octanol–water partition coefficient (Wildman–Crippen LogP) is 4.76. The van der Waals surface area contributed by atoms with Crippen molar-refractivity contribution in [2.45, 2.75) is 27.4 Å². The summed E-state index contributed by atoms with van der Waals surface area (Å²) in [6.45, 7) is 7.57. The molecule has 0 aliphatic heterocycles. The van der Waals surface area contributed by atoms with Gasteiger partial charge in [0.05, 0.1) is 11.1 Å². The van der Waals surface area contributed by atoms with E-state index in [0.717, 1.165) is 11.1 Å². The molecule has 0 fully saturated rings. The molecule has 0 heterocycles. The summed E-state index contributed by atoms with van der Waals surface area (Å²) < 4.78 is 17.0. The minimum absolute atomic E-state index is 0.0468. The standard InChI is InChI=1S/C23H29NO4/c1-5-11-19-21(27-16-18-12-9-8-10-13-18)15-14-20(22(19)28-17-26-4)23(25)24(6-2)7-3/h5,8-15H,6-7,16-17H2,1-4H3/b11-5+. The van der Waals surface area contributed by atoms with Crippen molar-refractivity contribution in [3.63, 3.8) is 0 Å². The monoisotopic (exact) mass is 383 g/mol. The summed E-state index contributed by atoms with van der Waals surface area (Å²) in [5, 5.41) is 0. The van der Waals surface area contributed by atoms with Gasteiger partial charge in [0.25, 0.3) is 5.91 Å². The molecule has 0 N–H and O–H groups in total. The first kappa shape index (κ1) is 21.5. The van der Waals surface area contributed by atoms with Gasteiger partial charge in [0.2, 0.25) is 0 Å². The number of nitrogens with zero attached hydrogens (tertiary/aromatic N) is 1. The van der Waals surface area contributed by atoms with Crippen LogP contribution in [0.5, 0.6) is 11.5 Å². The van der Waals surface area contributed by atoms with Gasteiger partial charge in [-0.25, -0.2) is 0 Å². The largest absolute Gasteiger partial charge is 0.488 e. The number of hydrogen-bond donors (Lipinski definition) is 0. The summed E-state index contributed by atoms with van der Waals surface area (Å²) in [6.07, 6.45) is 3.79. The maximum atomic E-state index is 13.0. The zero-order valence-corrected chi connectivity index (χ0v) is 17.1. The van der Waals surface area contributed by atoms with Crippen molar-refractivity contribution in [1.29, 1.82) is 0 Å². The fraction of sp³-hybridized carbons (Fsp3) is 0.348. The molecule has 2 aromatic rings. The third-order valence-corrected chi connectivity index (χ3v) is 4.33. The van der Waals surface area contributed by atoms with E-state index in [4.69, 9.17) is 14.2 Å². The second kappa shape index (κ2) is 11.1. The number of methoxy groups -OCH3 is 1. The van der Waals surface area contributed by atoms with Gasteiger partial charge >= 0.3 is 0 Å². The van der Waals surface area contributed by atoms with E-state index in [2.05, 4.69) is 0 Å². The molecular formula is C23H29NO4. The Morgan fingerprint density at radius 1 is 1.04 bits per heavy atom. The third kappa shape index (κ3) is 5.36. The molecule has 0 atom stereocenters. The number of ether oxygens (including phenoxy) is 3. The molecule has 0 aliphatic carbocycles. The number of carbonyl (C=O) groups excluding carboxylic acids is 1. The molecule has 28 heavy (non-hydrogen) atoms. The molecule has 0 radical (unpaired) electrons. The van der Waals surface area contributed by atoms with Crippen molar-refractivity contribution < 1.29 is 19.0 Å². The predicted molar refractivity (Wildman–Crippen MR) is 112 cm³/mol. The minimum Gasteiger partial charge on any atom is -0.488 e. The summed E-state index contributed by atoms with van der Waals surface area (Å²) in [6, 6.07) is 13.5. The highest BCUT2D eigenvalue weighted by Gasteiger charge is 2.22. The van der Waals surface area contributed by atoms with Gasteiger partial charge in [0.1, 0.15) is 18.1 Å². The molecule has 1 amide bonds. The normalized spacial score (nSPS) is 10.9. The van der Waals surface area contributed by atoms with E-state index < -0.39 is 0 Å². The second-order valence-corrected chi connectivity index (χ2v) is 6.16. The summed E-state index contributed by atoms with van der Waals surface area (Å²) in [5.41, 5.74) is 2.30. The van der Waals surface area contributed by atoms with Crippen LogP contribution < -0.4 is 9.47 Å². The Hall–Kier alpha value is -2.79. The number of carbonyl (C=O) groups is 1. The van der Waals surface area contributed by atoms with Crippen LogP contribution in [0.3, 0.4) is 0 Å². The SMILES string of the molecule is C/C=C/c1c(OCc2ccccc2)ccc(C(=O)N(CC)CC)c1OCOC. The lowest BCUT2D eigenvalue weighted by Gasteiger charge is -2.22. The Balaban J connectivity index is 2.44. The number of rotatable bonds is 10. The van der Waals surface area contributed by atoms with Gasteiger partial charge in [0.15, 0.2) is 6.79 Å². The number of allylic oxidation sites excluding steroid dienone is 1. The topological polar surface area (TPSA) is 48.0 Å². The van der Waals surface area contributed by atoms with Crippen LogP contribution >= 0.6 is 0 Å². The first-order valence-corrected chi connectivity index (χ1v) is 9.53. The van der Waals surface area contributed by atoms with E-state index in [1.807, 2.05) is 69.3 Å². The summed E-state index contributed by atoms with van der Waals surface area (Å²) in [4.78, 5) is 14.7. The molecule has 2 aromatic carbocycles. The van der Waals surface area contributed by atoms with Crippen LogP contribution in [0, 0.1) is 0 Å². The van der Waals surface area contributed by atoms with E-state index in [9.17, 15) is 4.79 Å². The fourth-order valence-electron chi connectivity index (χ4n) is 2.89. The highest BCUT2D eigenvalue weighted by atomic mass is 16.7. The van der Waals surface area contributed by atoms with E-state index in [1.54, 1.807) is 18.1 Å². The molecule has 0 unspecified atom stereocenters. The van der Waals surface area contributed by atoms with Gasteiger partial charge in [-0.15, -0.1) is 0 Å². The highest BCUT2D eigenvalue weighted by molar-refractivity contribution is 5.98. The lowest BCUT2D eigenvalue weighted by atomic mass is 10.1. The van der Waals surface area contributed by atoms with Gasteiger partial charge in [-0.1, -0.05) is 42.5 Å². The maximum Gasteiger partial charge on any atom is 0.257 e. The van der Waals surface area contributed by atoms with Crippen LogP contribution in [0.25, 0.3) is 6.08 Å². The summed E-state index contributed by atoms with van der Waals surface area (Å²) in [7, 11) is 1.55. The molecule has 150 valence electrons. The molecular weight excluding hydrogens is 354 g/mol. The molecule has 0 saturated heterocycles. The Morgan fingerprint density at radius 2 is 1.75 bits per heavy atom. The molecule has 2 rings (SSSR count). The zero-order chi connectivity index (χ0) is 20.4. The summed E-state index contributed by atoms with van der Waals surface area (Å²) >= 11 is 0. The Bertz CT molecular complexity index is 783. The van der Waals surface area contributed by atoms with Crippen molar-refractivity contribution in [3.8, 4) is 11.5 Å². The Kier molecular flexibility index (Phi) is 8.56. The van der Waals surface area contributed by atoms with Crippen molar-refractivity contribution in [2.24, 2.45) is 0 Å². The van der Waals surface area contributed by atoms with Crippen LogP contribution in [-0.2, 0) is 11.3 Å². The lowest BCUT2D eigenvalue weighted by Crippen LogP contribution is -2.31. The average molecular weight is 383 g/mol. The highest BCUT2D eigenvalue weighted by Crippen LogP contribution is 2.35. The minimum atomic E-state index is -0.0727. The van der Waals surface area contributed by atoms with Crippen LogP contribution in [0.15, 0.2) is 48.5 Å². The van der Waals surface area contributed by atoms with Crippen LogP contribution in [0.2, 0.25) is 0 Å². The van der Waals surface area contributed by atoms with E-state index in [-0.39, 0.29) is 12.7 Å². The summed E-state index contributed by atoms with van der Waals surface area (Å²) in [5.74, 6) is 1.06. The van der Waals surface area contributed by atoms with Crippen molar-refractivity contribution in [2.75, 3.05) is 27.0 Å². The van der Waals surface area contributed by atoms with Gasteiger partial charge in [0, 0.05) is 20.2 Å². The van der Waals surface area contributed by atoms with Gasteiger partial charge < -0.3 is 19.1 Å². The van der Waals surface area contributed by atoms with Gasteiger partial charge in [-0.05, 0) is 38.5 Å². The number of benzene rings is 2. The first-order chi connectivity index (χ1) is 13.7. The molecule has 5 heteroatoms. The molecule has 0 bridgehead atoms. The first-order valence-electron chi connectivity index (χ1n) is 9.53. The fourth-order valence-corrected chi connectivity index (χ4v) is 2.89. The molecule has 0 saturated carbocycles. The van der Waals surface area contributed by atoms with Gasteiger partial charge in [-0.2, -0.15) is 0 Å². The second-order valence-electron chi connectivity index (χ2n) is 6.16. The quantitative estimate of drug-likeness (QED) is 0.555. The number of amides is 1. The van der Waals surface area contributed by atoms with Gasteiger partial charge in [-0.3, -0.25) is 4.79 Å². The Labute approximate surface area is 167 Å². The van der Waals surface area contributed by atoms with Crippen molar-refractivity contribution in [3.05, 3.63) is 65.2 Å². The third-order valence-electron chi connectivity index (χ3n) is 4.33. The van der Waals surface area contributed by atoms with Crippen molar-refractivity contribution >= 4 is 12.0 Å². The molecule has 0 aliphatic rings. The molecule has 0 spiro atoms. The van der Waals surface area contributed by atoms with E-state index in [0.29, 0.717) is 36.8 Å². The smallest absolute Gasteiger partial charge is 0.257 e. The lowest BCUT2D eigenvalue weighted by molar-refractivity contribution is 0.0488. The van der Waals surface area contributed by atoms with Crippen LogP contribution in [0.1, 0.15) is 42.3 Å². The van der Waals surface area contributed by atoms with Crippen molar-refractivity contribution in [1.82, 2.24) is 4.90 Å². The van der Waals surface area contributed by atoms with E-state index >= 15 is 0 Å². The maximum absolute atomic E-state index is 13.0. The number of hydrogen-bond acceptors (Lipinski definition) is 4. The van der Waals surface area contributed by atoms with Crippen LogP contribution in [0.4, 0.5) is 0 Å². The molecule has 0 aromatic heterocycles. The zero-order valence-electron chi connectivity index (χ0n) is 17.1.